The summed E-state index contributed by atoms with van der Waals surface area (Å²) in [6.07, 6.45) is 6.85. The first-order valence-electron chi connectivity index (χ1n) is 8.66. The lowest BCUT2D eigenvalue weighted by Crippen LogP contribution is -2.41. The minimum Gasteiger partial charge on any atom is -0.488 e. The van der Waals surface area contributed by atoms with Crippen molar-refractivity contribution in [3.8, 4) is 5.75 Å². The van der Waals surface area contributed by atoms with Crippen LogP contribution in [0.15, 0.2) is 36.4 Å². The van der Waals surface area contributed by atoms with Crippen molar-refractivity contribution in [3.05, 3.63) is 36.4 Å². The first-order valence-corrected chi connectivity index (χ1v) is 8.66. The number of hydrogen-bond acceptors (Lipinski definition) is 4. The molecule has 0 unspecified atom stereocenters. The molecule has 3 N–H and O–H groups in total. The molecule has 1 fully saturated rings. The van der Waals surface area contributed by atoms with Crippen LogP contribution in [0.3, 0.4) is 0 Å². The van der Waals surface area contributed by atoms with E-state index in [1.54, 1.807) is 36.4 Å². The summed E-state index contributed by atoms with van der Waals surface area (Å²) >= 11 is 0. The van der Waals surface area contributed by atoms with E-state index in [1.807, 2.05) is 0 Å². The van der Waals surface area contributed by atoms with Gasteiger partial charge in [-0.25, -0.2) is 0 Å². The molecule has 3 rings (SSSR count). The number of carbonyl (C=O) groups excluding carboxylic acids is 1. The highest BCUT2D eigenvalue weighted by Gasteiger charge is 2.46. The van der Waals surface area contributed by atoms with Gasteiger partial charge in [0.05, 0.1) is 6.10 Å². The number of nitrogens with one attached hydrogen (secondary N) is 1. The van der Waals surface area contributed by atoms with Gasteiger partial charge >= 0.3 is 5.97 Å². The van der Waals surface area contributed by atoms with Crippen LogP contribution < -0.4 is 10.1 Å². The fourth-order valence-electron chi connectivity index (χ4n) is 3.37. The molecule has 0 bridgehead atoms. The fraction of sp³-hybridized carbons (Fsp3) is 0.474. The van der Waals surface area contributed by atoms with Crippen molar-refractivity contribution < 1.29 is 24.5 Å². The Kier molecular flexibility index (Phi) is 5.08. The number of aliphatic carboxylic acids is 1. The number of rotatable bonds is 5. The Labute approximate surface area is 146 Å². The number of allylic oxidation sites excluding steroid dienone is 2. The number of amides is 1. The molecule has 1 aromatic rings. The van der Waals surface area contributed by atoms with Gasteiger partial charge < -0.3 is 20.3 Å². The van der Waals surface area contributed by atoms with Crippen LogP contribution in [0.2, 0.25) is 0 Å². The lowest BCUT2D eigenvalue weighted by atomic mass is 9.84. The van der Waals surface area contributed by atoms with Crippen LogP contribution in [0.1, 0.15) is 38.5 Å². The maximum Gasteiger partial charge on any atom is 0.319 e. The molecular weight excluding hydrogens is 322 g/mol. The van der Waals surface area contributed by atoms with Gasteiger partial charge in [-0.2, -0.15) is 0 Å². The van der Waals surface area contributed by atoms with Gasteiger partial charge in [-0.1, -0.05) is 18.6 Å². The number of carboxylic acid groups (broad SMARTS) is 1. The van der Waals surface area contributed by atoms with E-state index in [-0.39, 0.29) is 18.9 Å². The smallest absolute Gasteiger partial charge is 0.319 e. The van der Waals surface area contributed by atoms with Crippen LogP contribution >= 0.6 is 0 Å². The van der Waals surface area contributed by atoms with Gasteiger partial charge in [0.15, 0.2) is 5.41 Å². The first-order chi connectivity index (χ1) is 12.0. The van der Waals surface area contributed by atoms with E-state index in [0.717, 1.165) is 25.7 Å². The van der Waals surface area contributed by atoms with Crippen LogP contribution in [-0.2, 0) is 9.59 Å². The van der Waals surface area contributed by atoms with Gasteiger partial charge in [0.1, 0.15) is 11.9 Å². The molecule has 2 atom stereocenters. The van der Waals surface area contributed by atoms with Crippen LogP contribution in [0.4, 0.5) is 5.69 Å². The van der Waals surface area contributed by atoms with Crippen LogP contribution in [-0.4, -0.2) is 34.3 Å². The molecule has 0 aliphatic heterocycles. The topological polar surface area (TPSA) is 95.9 Å². The van der Waals surface area contributed by atoms with Gasteiger partial charge in [-0.15, -0.1) is 0 Å². The summed E-state index contributed by atoms with van der Waals surface area (Å²) in [4.78, 5) is 23.9. The molecule has 0 saturated heterocycles. The molecule has 0 radical (unpaired) electrons. The van der Waals surface area contributed by atoms with E-state index in [0.29, 0.717) is 11.4 Å². The zero-order valence-corrected chi connectivity index (χ0v) is 14.0. The summed E-state index contributed by atoms with van der Waals surface area (Å²) in [5.41, 5.74) is -0.893. The van der Waals surface area contributed by atoms with Crippen molar-refractivity contribution in [3.63, 3.8) is 0 Å². The summed E-state index contributed by atoms with van der Waals surface area (Å²) < 4.78 is 5.82. The average molecular weight is 345 g/mol. The molecule has 2 aliphatic rings. The highest BCUT2D eigenvalue weighted by Crippen LogP contribution is 2.35. The van der Waals surface area contributed by atoms with Crippen molar-refractivity contribution in [2.75, 3.05) is 5.32 Å². The molecule has 2 aliphatic carbocycles. The second-order valence-electron chi connectivity index (χ2n) is 6.75. The number of ether oxygens (including phenoxy) is 1. The van der Waals surface area contributed by atoms with Gasteiger partial charge in [0.2, 0.25) is 5.91 Å². The van der Waals surface area contributed by atoms with E-state index in [9.17, 15) is 19.8 Å². The van der Waals surface area contributed by atoms with Gasteiger partial charge in [-0.05, 0) is 56.4 Å². The summed E-state index contributed by atoms with van der Waals surface area (Å²) in [7, 11) is 0. The quantitative estimate of drug-likeness (QED) is 0.563. The summed E-state index contributed by atoms with van der Waals surface area (Å²) in [5, 5.41) is 22.1. The predicted octanol–water partition coefficient (Wildman–Crippen LogP) is 2.73. The number of aliphatic hydroxyl groups excluding tert-OH is 1. The largest absolute Gasteiger partial charge is 0.488 e. The zero-order valence-electron chi connectivity index (χ0n) is 14.0. The Balaban J connectivity index is 1.62. The van der Waals surface area contributed by atoms with Crippen molar-refractivity contribution in [2.45, 2.75) is 50.7 Å². The molecule has 6 heteroatoms. The summed E-state index contributed by atoms with van der Waals surface area (Å²) in [6, 6.07) is 6.80. The Morgan fingerprint density at radius 3 is 2.32 bits per heavy atom. The molecular formula is C19H23NO5. The summed E-state index contributed by atoms with van der Waals surface area (Å²) in [6.45, 7) is 0. The zero-order chi connectivity index (χ0) is 17.9. The standard InChI is InChI=1S/C19H23NO5/c21-15-5-1-2-6-16(15)25-14-9-7-13(8-10-14)20-17(22)19(18(23)24)11-3-4-12-19/h3-4,7-10,15-16,21H,1-2,5-6,11-12H2,(H,20,22)(H,23,24)/t15-,16-/m1/s1. The van der Waals surface area contributed by atoms with Crippen molar-refractivity contribution in [1.29, 1.82) is 0 Å². The number of hydrogen-bond donors (Lipinski definition) is 3. The lowest BCUT2D eigenvalue weighted by Gasteiger charge is -2.28. The van der Waals surface area contributed by atoms with Gasteiger partial charge in [-0.3, -0.25) is 9.59 Å². The fourth-order valence-corrected chi connectivity index (χ4v) is 3.37. The molecule has 1 aromatic carbocycles. The maximum absolute atomic E-state index is 12.4. The molecule has 1 amide bonds. The molecule has 6 nitrogen and oxygen atoms in total. The second-order valence-corrected chi connectivity index (χ2v) is 6.75. The van der Waals surface area contributed by atoms with Gasteiger partial charge in [0, 0.05) is 5.69 Å². The molecule has 0 spiro atoms. The Morgan fingerprint density at radius 2 is 1.72 bits per heavy atom. The van der Waals surface area contributed by atoms with Crippen LogP contribution in [0.5, 0.6) is 5.75 Å². The Hall–Kier alpha value is -2.34. The van der Waals surface area contributed by atoms with E-state index < -0.39 is 23.4 Å². The second kappa shape index (κ2) is 7.27. The number of carboxylic acids is 1. The first kappa shape index (κ1) is 17.5. The van der Waals surface area contributed by atoms with E-state index >= 15 is 0 Å². The Bertz CT molecular complexity index is 659. The van der Waals surface area contributed by atoms with E-state index in [4.69, 9.17) is 4.74 Å². The molecule has 134 valence electrons. The average Bonchev–Trinajstić information content (AvgIpc) is 3.10. The molecule has 1 saturated carbocycles. The normalized spacial score (nSPS) is 24.7. The molecule has 25 heavy (non-hydrogen) atoms. The Morgan fingerprint density at radius 1 is 1.08 bits per heavy atom. The highest BCUT2D eigenvalue weighted by atomic mass is 16.5. The SMILES string of the molecule is O=C(O)C1(C(=O)Nc2ccc(O[C@@H]3CCCC[C@H]3O)cc2)CC=CC1. The predicted molar refractivity (Wildman–Crippen MR) is 92.4 cm³/mol. The molecule has 0 aromatic heterocycles. The van der Waals surface area contributed by atoms with Crippen molar-refractivity contribution >= 4 is 17.6 Å². The highest BCUT2D eigenvalue weighted by molar-refractivity contribution is 6.09. The summed E-state index contributed by atoms with van der Waals surface area (Å²) in [5.74, 6) is -0.998. The monoisotopic (exact) mass is 345 g/mol. The third-order valence-corrected chi connectivity index (χ3v) is 5.01. The van der Waals surface area contributed by atoms with E-state index in [2.05, 4.69) is 5.32 Å². The molecule has 0 heterocycles. The van der Waals surface area contributed by atoms with Crippen LogP contribution in [0.25, 0.3) is 0 Å². The third kappa shape index (κ3) is 3.69. The number of anilines is 1. The van der Waals surface area contributed by atoms with Crippen molar-refractivity contribution in [2.24, 2.45) is 5.41 Å². The maximum atomic E-state index is 12.4. The number of carbonyl (C=O) groups is 2. The van der Waals surface area contributed by atoms with Gasteiger partial charge in [0.25, 0.3) is 0 Å². The minimum absolute atomic E-state index is 0.200. The van der Waals surface area contributed by atoms with Crippen LogP contribution in [0, 0.1) is 5.41 Å². The van der Waals surface area contributed by atoms with E-state index in [1.165, 1.54) is 0 Å². The third-order valence-electron chi connectivity index (χ3n) is 5.01. The number of aliphatic hydroxyl groups is 1. The minimum atomic E-state index is -1.42. The number of benzene rings is 1. The van der Waals surface area contributed by atoms with Crippen molar-refractivity contribution in [1.82, 2.24) is 0 Å². The lowest BCUT2D eigenvalue weighted by molar-refractivity contribution is -0.153.